The van der Waals surface area contributed by atoms with Crippen LogP contribution in [0.15, 0.2) is 30.5 Å². The van der Waals surface area contributed by atoms with Gasteiger partial charge in [-0.1, -0.05) is 11.6 Å². The van der Waals surface area contributed by atoms with Crippen molar-refractivity contribution >= 4 is 17.6 Å². The number of nitrogens with zero attached hydrogens (tertiary/aromatic N) is 2. The number of carboxylic acids is 1. The van der Waals surface area contributed by atoms with Gasteiger partial charge in [0.25, 0.3) is 0 Å². The van der Waals surface area contributed by atoms with Crippen LogP contribution >= 0.6 is 11.6 Å². The summed E-state index contributed by atoms with van der Waals surface area (Å²) < 4.78 is 1.66. The third-order valence-electron chi connectivity index (χ3n) is 2.38. The van der Waals surface area contributed by atoms with Crippen LogP contribution < -0.4 is 0 Å². The normalized spacial score (nSPS) is 10.5. The highest BCUT2D eigenvalue weighted by Gasteiger charge is 2.07. The van der Waals surface area contributed by atoms with Crippen molar-refractivity contribution in [3.63, 3.8) is 0 Å². The Morgan fingerprint density at radius 2 is 2.24 bits per heavy atom. The van der Waals surface area contributed by atoms with Gasteiger partial charge in [-0.15, -0.1) is 0 Å². The standard InChI is InChI=1S/C12H11ClN2O2/c1-8-6-9(13)2-3-11(8)15-5-4-10(14-15)7-12(16)17/h2-6H,7H2,1H3,(H,16,17). The van der Waals surface area contributed by atoms with E-state index < -0.39 is 5.97 Å². The van der Waals surface area contributed by atoms with Crippen LogP contribution in [0.4, 0.5) is 0 Å². The molecule has 2 aromatic rings. The lowest BCUT2D eigenvalue weighted by Gasteiger charge is -2.05. The first-order valence-electron chi connectivity index (χ1n) is 5.09. The number of carbonyl (C=O) groups is 1. The number of rotatable bonds is 3. The minimum Gasteiger partial charge on any atom is -0.481 e. The van der Waals surface area contributed by atoms with E-state index in [4.69, 9.17) is 16.7 Å². The van der Waals surface area contributed by atoms with Crippen molar-refractivity contribution in [3.05, 3.63) is 46.7 Å². The molecule has 0 bridgehead atoms. The summed E-state index contributed by atoms with van der Waals surface area (Å²) >= 11 is 5.87. The maximum Gasteiger partial charge on any atom is 0.309 e. The Kier molecular flexibility index (Phi) is 3.15. The van der Waals surface area contributed by atoms with Gasteiger partial charge in [-0.05, 0) is 36.8 Å². The highest BCUT2D eigenvalue weighted by molar-refractivity contribution is 6.30. The molecule has 0 amide bonds. The van der Waals surface area contributed by atoms with Gasteiger partial charge >= 0.3 is 5.97 Å². The van der Waals surface area contributed by atoms with Gasteiger partial charge in [0.1, 0.15) is 0 Å². The average molecular weight is 251 g/mol. The molecule has 0 aliphatic carbocycles. The van der Waals surface area contributed by atoms with Crippen molar-refractivity contribution in [3.8, 4) is 5.69 Å². The summed E-state index contributed by atoms with van der Waals surface area (Å²) in [6.45, 7) is 1.93. The molecule has 1 aromatic heterocycles. The summed E-state index contributed by atoms with van der Waals surface area (Å²) in [5.41, 5.74) is 2.42. The Hall–Kier alpha value is -1.81. The van der Waals surface area contributed by atoms with Gasteiger partial charge in [0.05, 0.1) is 17.8 Å². The van der Waals surface area contributed by atoms with Crippen LogP contribution in [0.25, 0.3) is 5.69 Å². The Bertz CT molecular complexity index is 563. The second-order valence-electron chi connectivity index (χ2n) is 3.75. The van der Waals surface area contributed by atoms with Crippen molar-refractivity contribution in [2.45, 2.75) is 13.3 Å². The zero-order chi connectivity index (χ0) is 12.4. The Morgan fingerprint density at radius 3 is 2.88 bits per heavy atom. The first-order chi connectivity index (χ1) is 8.06. The summed E-state index contributed by atoms with van der Waals surface area (Å²) in [6, 6.07) is 7.18. The molecule has 1 aromatic carbocycles. The van der Waals surface area contributed by atoms with Crippen LogP contribution in [-0.2, 0) is 11.2 Å². The molecule has 5 heteroatoms. The molecule has 0 radical (unpaired) electrons. The fourth-order valence-electron chi connectivity index (χ4n) is 1.62. The van der Waals surface area contributed by atoms with Crippen molar-refractivity contribution in [2.24, 2.45) is 0 Å². The second-order valence-corrected chi connectivity index (χ2v) is 4.19. The molecule has 2 rings (SSSR count). The number of aromatic nitrogens is 2. The molecule has 0 spiro atoms. The molecule has 1 heterocycles. The van der Waals surface area contributed by atoms with E-state index in [0.717, 1.165) is 11.3 Å². The summed E-state index contributed by atoms with van der Waals surface area (Å²) in [4.78, 5) is 10.6. The molecule has 0 aliphatic heterocycles. The third kappa shape index (κ3) is 2.65. The van der Waals surface area contributed by atoms with E-state index in [2.05, 4.69) is 5.10 Å². The van der Waals surface area contributed by atoms with E-state index in [-0.39, 0.29) is 6.42 Å². The van der Waals surface area contributed by atoms with Gasteiger partial charge in [-0.25, -0.2) is 4.68 Å². The first-order valence-corrected chi connectivity index (χ1v) is 5.47. The molecule has 0 saturated carbocycles. The quantitative estimate of drug-likeness (QED) is 0.910. The van der Waals surface area contributed by atoms with Gasteiger partial charge < -0.3 is 5.11 Å². The SMILES string of the molecule is Cc1cc(Cl)ccc1-n1ccc(CC(=O)O)n1. The van der Waals surface area contributed by atoms with Crippen molar-refractivity contribution in [1.82, 2.24) is 9.78 Å². The molecule has 0 atom stereocenters. The molecule has 0 fully saturated rings. The minimum atomic E-state index is -0.886. The number of aryl methyl sites for hydroxylation is 1. The average Bonchev–Trinajstić information content (AvgIpc) is 2.65. The van der Waals surface area contributed by atoms with Gasteiger partial charge in [0.2, 0.25) is 0 Å². The van der Waals surface area contributed by atoms with E-state index in [1.165, 1.54) is 0 Å². The van der Waals surface area contributed by atoms with E-state index >= 15 is 0 Å². The van der Waals surface area contributed by atoms with Gasteiger partial charge in [-0.3, -0.25) is 4.79 Å². The lowest BCUT2D eigenvalue weighted by atomic mass is 10.2. The van der Waals surface area contributed by atoms with E-state index in [9.17, 15) is 4.79 Å². The Balaban J connectivity index is 2.33. The maximum atomic E-state index is 10.6. The fourth-order valence-corrected chi connectivity index (χ4v) is 1.85. The molecule has 88 valence electrons. The highest BCUT2D eigenvalue weighted by atomic mass is 35.5. The van der Waals surface area contributed by atoms with Crippen molar-refractivity contribution < 1.29 is 9.90 Å². The molecule has 0 aliphatic rings. The summed E-state index contributed by atoms with van der Waals surface area (Å²) in [5.74, 6) is -0.886. The van der Waals surface area contributed by atoms with Crippen LogP contribution in [0.5, 0.6) is 0 Å². The van der Waals surface area contributed by atoms with Crippen molar-refractivity contribution in [2.75, 3.05) is 0 Å². The van der Waals surface area contributed by atoms with Gasteiger partial charge in [0, 0.05) is 11.2 Å². The van der Waals surface area contributed by atoms with Crippen LogP contribution in [0, 0.1) is 6.92 Å². The van der Waals surface area contributed by atoms with Gasteiger partial charge in [0.15, 0.2) is 0 Å². The van der Waals surface area contributed by atoms with Crippen LogP contribution in [-0.4, -0.2) is 20.9 Å². The number of benzene rings is 1. The van der Waals surface area contributed by atoms with E-state index in [1.54, 1.807) is 23.0 Å². The van der Waals surface area contributed by atoms with Crippen LogP contribution in [0.3, 0.4) is 0 Å². The number of aliphatic carboxylic acids is 1. The lowest BCUT2D eigenvalue weighted by Crippen LogP contribution is -2.03. The van der Waals surface area contributed by atoms with E-state index in [0.29, 0.717) is 10.7 Å². The number of hydrogen-bond donors (Lipinski definition) is 1. The molecular weight excluding hydrogens is 240 g/mol. The predicted molar refractivity (Wildman–Crippen MR) is 64.7 cm³/mol. The lowest BCUT2D eigenvalue weighted by molar-refractivity contribution is -0.136. The molecule has 17 heavy (non-hydrogen) atoms. The molecule has 4 nitrogen and oxygen atoms in total. The molecule has 0 unspecified atom stereocenters. The Labute approximate surface area is 103 Å². The fraction of sp³-hybridized carbons (Fsp3) is 0.167. The maximum absolute atomic E-state index is 10.6. The van der Waals surface area contributed by atoms with Crippen LogP contribution in [0.1, 0.15) is 11.3 Å². The number of carboxylic acid groups (broad SMARTS) is 1. The molecule has 0 saturated heterocycles. The monoisotopic (exact) mass is 250 g/mol. The summed E-state index contributed by atoms with van der Waals surface area (Å²) in [6.07, 6.45) is 1.67. The summed E-state index contributed by atoms with van der Waals surface area (Å²) in [7, 11) is 0. The summed E-state index contributed by atoms with van der Waals surface area (Å²) in [5, 5.41) is 13.5. The first kappa shape index (κ1) is 11.7. The second kappa shape index (κ2) is 4.59. The predicted octanol–water partition coefficient (Wildman–Crippen LogP) is 2.46. The topological polar surface area (TPSA) is 55.1 Å². The van der Waals surface area contributed by atoms with Crippen LogP contribution in [0.2, 0.25) is 5.02 Å². The van der Waals surface area contributed by atoms with E-state index in [1.807, 2.05) is 19.1 Å². The molecule has 1 N–H and O–H groups in total. The largest absolute Gasteiger partial charge is 0.481 e. The number of hydrogen-bond acceptors (Lipinski definition) is 2. The highest BCUT2D eigenvalue weighted by Crippen LogP contribution is 2.18. The third-order valence-corrected chi connectivity index (χ3v) is 2.62. The molecular formula is C12H11ClN2O2. The van der Waals surface area contributed by atoms with Crippen molar-refractivity contribution in [1.29, 1.82) is 0 Å². The smallest absolute Gasteiger partial charge is 0.309 e. The zero-order valence-corrected chi connectivity index (χ0v) is 9.98. The van der Waals surface area contributed by atoms with Gasteiger partial charge in [-0.2, -0.15) is 5.10 Å². The number of halogens is 1. The zero-order valence-electron chi connectivity index (χ0n) is 9.22. The Morgan fingerprint density at radius 1 is 1.47 bits per heavy atom. The minimum absolute atomic E-state index is 0.0698.